The lowest BCUT2D eigenvalue weighted by Gasteiger charge is -2.14. The third-order valence-electron chi connectivity index (χ3n) is 3.48. The van der Waals surface area contributed by atoms with Crippen molar-refractivity contribution in [1.82, 2.24) is 0 Å². The highest BCUT2D eigenvalue weighted by molar-refractivity contribution is 9.10. The minimum Gasteiger partial charge on any atom is -0.506 e. The second kappa shape index (κ2) is 8.13. The van der Waals surface area contributed by atoms with Gasteiger partial charge in [-0.15, -0.1) is 0 Å². The van der Waals surface area contributed by atoms with E-state index >= 15 is 0 Å². The molecule has 0 bridgehead atoms. The van der Waals surface area contributed by atoms with Gasteiger partial charge in [-0.25, -0.2) is 0 Å². The molecule has 0 aliphatic rings. The van der Waals surface area contributed by atoms with Crippen LogP contribution in [0.1, 0.15) is 23.6 Å². The zero-order valence-corrected chi connectivity index (χ0v) is 14.5. The van der Waals surface area contributed by atoms with Crippen LogP contribution in [0.2, 0.25) is 0 Å². The van der Waals surface area contributed by atoms with E-state index in [0.29, 0.717) is 10.0 Å². The molecule has 122 valence electrons. The lowest BCUT2D eigenvalue weighted by Crippen LogP contribution is -2.34. The van der Waals surface area contributed by atoms with Crippen molar-refractivity contribution in [2.45, 2.75) is 25.8 Å². The molecule has 4 nitrogen and oxygen atoms in total. The molecular formula is C18H20BrNO3. The minimum absolute atomic E-state index is 0.113. The summed E-state index contributed by atoms with van der Waals surface area (Å²) in [5, 5.41) is 10.2. The Labute approximate surface area is 144 Å². The quantitative estimate of drug-likeness (QED) is 0.758. The first-order valence-corrected chi connectivity index (χ1v) is 8.27. The Morgan fingerprint density at radius 1 is 1.26 bits per heavy atom. The van der Waals surface area contributed by atoms with E-state index in [9.17, 15) is 9.90 Å². The molecule has 5 heteroatoms. The monoisotopic (exact) mass is 377 g/mol. The fourth-order valence-corrected chi connectivity index (χ4v) is 2.93. The number of esters is 1. The maximum atomic E-state index is 11.7. The van der Waals surface area contributed by atoms with Gasteiger partial charge in [0.15, 0.2) is 0 Å². The molecule has 1 unspecified atom stereocenters. The first kappa shape index (κ1) is 17.5. The van der Waals surface area contributed by atoms with Gasteiger partial charge in [-0.2, -0.15) is 0 Å². The van der Waals surface area contributed by atoms with Gasteiger partial charge in [0, 0.05) is 6.42 Å². The smallest absolute Gasteiger partial charge is 0.323 e. The molecule has 0 radical (unpaired) electrons. The molecule has 0 aliphatic heterocycles. The fourth-order valence-electron chi connectivity index (χ4n) is 2.38. The SMILES string of the molecule is CCOC(=O)C(N)Cc1cc(Cc2ccccc2)cc(Br)c1O. The number of hydrogen-bond donors (Lipinski definition) is 2. The predicted molar refractivity (Wildman–Crippen MR) is 93.4 cm³/mol. The van der Waals surface area contributed by atoms with Gasteiger partial charge in [0.2, 0.25) is 0 Å². The summed E-state index contributed by atoms with van der Waals surface area (Å²) in [5.41, 5.74) is 8.69. The third kappa shape index (κ3) is 4.81. The molecule has 2 rings (SSSR count). The highest BCUT2D eigenvalue weighted by atomic mass is 79.9. The van der Waals surface area contributed by atoms with E-state index < -0.39 is 12.0 Å². The molecule has 0 saturated carbocycles. The zero-order valence-electron chi connectivity index (χ0n) is 13.0. The van der Waals surface area contributed by atoms with Crippen LogP contribution in [0.4, 0.5) is 0 Å². The number of aromatic hydroxyl groups is 1. The molecule has 0 fully saturated rings. The number of hydrogen-bond acceptors (Lipinski definition) is 4. The van der Waals surface area contributed by atoms with Crippen molar-refractivity contribution < 1.29 is 14.6 Å². The van der Waals surface area contributed by atoms with Crippen LogP contribution < -0.4 is 5.73 Å². The van der Waals surface area contributed by atoms with Gasteiger partial charge in [-0.3, -0.25) is 4.79 Å². The zero-order chi connectivity index (χ0) is 16.8. The summed E-state index contributed by atoms with van der Waals surface area (Å²) in [5.74, 6) is -0.349. The third-order valence-corrected chi connectivity index (χ3v) is 4.09. The van der Waals surface area contributed by atoms with Crippen molar-refractivity contribution in [3.8, 4) is 5.75 Å². The average molecular weight is 378 g/mol. The molecule has 0 heterocycles. The van der Waals surface area contributed by atoms with Gasteiger partial charge in [0.1, 0.15) is 11.8 Å². The summed E-state index contributed by atoms with van der Waals surface area (Å²) in [4.78, 5) is 11.7. The standard InChI is InChI=1S/C18H20BrNO3/c1-2-23-18(22)16(20)11-14-9-13(10-15(19)17(14)21)8-12-6-4-3-5-7-12/h3-7,9-10,16,21H,2,8,11,20H2,1H3. The van der Waals surface area contributed by atoms with E-state index in [-0.39, 0.29) is 18.8 Å². The average Bonchev–Trinajstić information content (AvgIpc) is 2.53. The van der Waals surface area contributed by atoms with E-state index in [1.54, 1.807) is 6.92 Å². The van der Waals surface area contributed by atoms with Crippen molar-refractivity contribution in [2.24, 2.45) is 5.73 Å². The molecule has 0 aliphatic carbocycles. The van der Waals surface area contributed by atoms with E-state index in [4.69, 9.17) is 10.5 Å². The van der Waals surface area contributed by atoms with Gasteiger partial charge in [-0.05, 0) is 52.0 Å². The number of phenols is 1. The number of carbonyl (C=O) groups excluding carboxylic acids is 1. The largest absolute Gasteiger partial charge is 0.506 e. The second-order valence-electron chi connectivity index (χ2n) is 5.31. The Morgan fingerprint density at radius 3 is 2.61 bits per heavy atom. The lowest BCUT2D eigenvalue weighted by atomic mass is 9.99. The second-order valence-corrected chi connectivity index (χ2v) is 6.16. The molecule has 3 N–H and O–H groups in total. The van der Waals surface area contributed by atoms with Crippen LogP contribution in [0.25, 0.3) is 0 Å². The summed E-state index contributed by atoms with van der Waals surface area (Å²) in [6.07, 6.45) is 0.966. The van der Waals surface area contributed by atoms with Crippen LogP contribution in [0.5, 0.6) is 5.75 Å². The van der Waals surface area contributed by atoms with E-state index in [1.807, 2.05) is 42.5 Å². The molecule has 0 aromatic heterocycles. The topological polar surface area (TPSA) is 72.5 Å². The number of carbonyl (C=O) groups is 1. The number of ether oxygens (including phenoxy) is 1. The molecule has 0 spiro atoms. The normalized spacial score (nSPS) is 12.0. The molecule has 0 saturated heterocycles. The maximum absolute atomic E-state index is 11.7. The molecule has 2 aromatic carbocycles. The van der Waals surface area contributed by atoms with Gasteiger partial charge in [-0.1, -0.05) is 36.4 Å². The lowest BCUT2D eigenvalue weighted by molar-refractivity contribution is -0.144. The van der Waals surface area contributed by atoms with Crippen molar-refractivity contribution in [1.29, 1.82) is 0 Å². The Kier molecular flexibility index (Phi) is 6.19. The van der Waals surface area contributed by atoms with Crippen molar-refractivity contribution >= 4 is 21.9 Å². The van der Waals surface area contributed by atoms with Gasteiger partial charge >= 0.3 is 5.97 Å². The summed E-state index contributed by atoms with van der Waals surface area (Å²) in [7, 11) is 0. The number of phenolic OH excluding ortho intramolecular Hbond substituents is 1. The van der Waals surface area contributed by atoms with Gasteiger partial charge < -0.3 is 15.6 Å². The Morgan fingerprint density at radius 2 is 1.96 bits per heavy atom. The van der Waals surface area contributed by atoms with E-state index in [2.05, 4.69) is 15.9 Å². The number of nitrogens with two attached hydrogens (primary N) is 1. The maximum Gasteiger partial charge on any atom is 0.323 e. The minimum atomic E-state index is -0.792. The Balaban J connectivity index is 2.21. The van der Waals surface area contributed by atoms with Crippen molar-refractivity contribution in [2.75, 3.05) is 6.61 Å². The molecule has 0 amide bonds. The van der Waals surface area contributed by atoms with Gasteiger partial charge in [0.25, 0.3) is 0 Å². The highest BCUT2D eigenvalue weighted by Gasteiger charge is 2.18. The first-order chi connectivity index (χ1) is 11.0. The molecule has 1 atom stereocenters. The van der Waals surface area contributed by atoms with Crippen LogP contribution in [0.15, 0.2) is 46.9 Å². The molecule has 2 aromatic rings. The number of benzene rings is 2. The summed E-state index contributed by atoms with van der Waals surface area (Å²) in [6, 6.07) is 13.0. The van der Waals surface area contributed by atoms with Crippen molar-refractivity contribution in [3.63, 3.8) is 0 Å². The fraction of sp³-hybridized carbons (Fsp3) is 0.278. The van der Waals surface area contributed by atoms with E-state index in [1.165, 1.54) is 5.56 Å². The Bertz CT molecular complexity index is 673. The molecular weight excluding hydrogens is 358 g/mol. The van der Waals surface area contributed by atoms with Crippen LogP contribution in [-0.2, 0) is 22.4 Å². The highest BCUT2D eigenvalue weighted by Crippen LogP contribution is 2.31. The summed E-state index contributed by atoms with van der Waals surface area (Å²) >= 11 is 3.36. The summed E-state index contributed by atoms with van der Waals surface area (Å²) in [6.45, 7) is 2.02. The van der Waals surface area contributed by atoms with Crippen LogP contribution in [-0.4, -0.2) is 23.7 Å². The molecule has 23 heavy (non-hydrogen) atoms. The summed E-state index contributed by atoms with van der Waals surface area (Å²) < 4.78 is 5.51. The van der Waals surface area contributed by atoms with Crippen LogP contribution in [0.3, 0.4) is 0 Å². The van der Waals surface area contributed by atoms with Gasteiger partial charge in [0.05, 0.1) is 11.1 Å². The van der Waals surface area contributed by atoms with Crippen LogP contribution in [0, 0.1) is 0 Å². The first-order valence-electron chi connectivity index (χ1n) is 7.47. The van der Waals surface area contributed by atoms with Crippen LogP contribution >= 0.6 is 15.9 Å². The van der Waals surface area contributed by atoms with E-state index in [0.717, 1.165) is 12.0 Å². The number of rotatable bonds is 6. The Hall–Kier alpha value is -1.85. The van der Waals surface area contributed by atoms with Crippen molar-refractivity contribution in [3.05, 3.63) is 63.6 Å². The predicted octanol–water partition coefficient (Wildman–Crippen LogP) is 3.18. The number of halogens is 1.